The van der Waals surface area contributed by atoms with Gasteiger partial charge in [0.25, 0.3) is 5.91 Å². The lowest BCUT2D eigenvalue weighted by atomic mass is 10.0. The lowest BCUT2D eigenvalue weighted by Crippen LogP contribution is -2.43. The molecule has 25 heavy (non-hydrogen) atoms. The summed E-state index contributed by atoms with van der Waals surface area (Å²) in [6, 6.07) is 5.89. The number of aryl methyl sites for hydroxylation is 3. The van der Waals surface area contributed by atoms with Crippen molar-refractivity contribution in [1.29, 1.82) is 0 Å². The van der Waals surface area contributed by atoms with Crippen LogP contribution >= 0.6 is 0 Å². The zero-order valence-corrected chi connectivity index (χ0v) is 15.1. The fourth-order valence-corrected chi connectivity index (χ4v) is 3.08. The van der Waals surface area contributed by atoms with Crippen LogP contribution in [0, 0.1) is 20.8 Å². The molecule has 1 atom stereocenters. The average molecular weight is 343 g/mol. The van der Waals surface area contributed by atoms with Gasteiger partial charge in [0, 0.05) is 32.0 Å². The number of carbonyl (C=O) groups excluding carboxylic acids is 1. The molecule has 0 aliphatic carbocycles. The molecule has 1 aliphatic rings. The summed E-state index contributed by atoms with van der Waals surface area (Å²) < 4.78 is 10.9. The molecule has 0 radical (unpaired) electrons. The Labute approximate surface area is 148 Å². The summed E-state index contributed by atoms with van der Waals surface area (Å²) in [5.41, 5.74) is 3.10. The molecule has 1 aliphatic heterocycles. The molecule has 6 heteroatoms. The fraction of sp³-hybridized carbons (Fsp3) is 0.526. The minimum Gasteiger partial charge on any atom is -0.376 e. The predicted octanol–water partition coefficient (Wildman–Crippen LogP) is 2.86. The third kappa shape index (κ3) is 4.45. The number of carbonyl (C=O) groups is 1. The van der Waals surface area contributed by atoms with Gasteiger partial charge >= 0.3 is 0 Å². The number of hydrogen-bond donors (Lipinski definition) is 0. The molecule has 3 rings (SSSR count). The molecule has 1 saturated heterocycles. The molecule has 2 aromatic rings. The average Bonchev–Trinajstić information content (AvgIpc) is 3.02. The van der Waals surface area contributed by atoms with Gasteiger partial charge in [-0.2, -0.15) is 4.98 Å². The van der Waals surface area contributed by atoms with Crippen molar-refractivity contribution in [2.75, 3.05) is 19.7 Å². The van der Waals surface area contributed by atoms with Gasteiger partial charge in [0.2, 0.25) is 5.89 Å². The van der Waals surface area contributed by atoms with E-state index in [9.17, 15) is 4.79 Å². The smallest absolute Gasteiger partial charge is 0.253 e. The van der Waals surface area contributed by atoms with Crippen molar-refractivity contribution in [3.63, 3.8) is 0 Å². The molecule has 1 aromatic heterocycles. The molecular weight excluding hydrogens is 318 g/mol. The van der Waals surface area contributed by atoms with Gasteiger partial charge in [-0.25, -0.2) is 0 Å². The topological polar surface area (TPSA) is 68.5 Å². The molecule has 1 fully saturated rings. The van der Waals surface area contributed by atoms with E-state index in [1.807, 2.05) is 30.0 Å². The van der Waals surface area contributed by atoms with Crippen LogP contribution in [-0.2, 0) is 11.2 Å². The molecule has 1 amide bonds. The molecule has 0 bridgehead atoms. The Morgan fingerprint density at radius 3 is 2.88 bits per heavy atom. The van der Waals surface area contributed by atoms with Crippen molar-refractivity contribution >= 4 is 5.91 Å². The van der Waals surface area contributed by atoms with Gasteiger partial charge in [0.1, 0.15) is 0 Å². The molecule has 0 saturated carbocycles. The third-order valence-electron chi connectivity index (χ3n) is 4.67. The first kappa shape index (κ1) is 17.6. The monoisotopic (exact) mass is 343 g/mol. The van der Waals surface area contributed by atoms with Crippen molar-refractivity contribution in [1.82, 2.24) is 15.0 Å². The van der Waals surface area contributed by atoms with E-state index in [0.717, 1.165) is 30.5 Å². The molecule has 2 heterocycles. The number of piperidine rings is 1. The van der Waals surface area contributed by atoms with Gasteiger partial charge in [-0.05, 0) is 49.9 Å². The van der Waals surface area contributed by atoms with Crippen LogP contribution in [0.15, 0.2) is 22.7 Å². The number of rotatable bonds is 5. The maximum Gasteiger partial charge on any atom is 0.253 e. The minimum atomic E-state index is 0.0669. The van der Waals surface area contributed by atoms with Crippen LogP contribution in [0.5, 0.6) is 0 Å². The second-order valence-electron chi connectivity index (χ2n) is 6.66. The number of likely N-dealkylation sites (tertiary alicyclic amines) is 1. The number of benzene rings is 1. The highest BCUT2D eigenvalue weighted by molar-refractivity contribution is 5.94. The van der Waals surface area contributed by atoms with E-state index in [1.54, 1.807) is 6.92 Å². The molecule has 134 valence electrons. The Morgan fingerprint density at radius 1 is 1.32 bits per heavy atom. The first-order valence-electron chi connectivity index (χ1n) is 8.80. The van der Waals surface area contributed by atoms with Crippen LogP contribution in [0.1, 0.15) is 46.0 Å². The molecule has 6 nitrogen and oxygen atoms in total. The van der Waals surface area contributed by atoms with Crippen LogP contribution in [0.3, 0.4) is 0 Å². The maximum absolute atomic E-state index is 12.7. The van der Waals surface area contributed by atoms with Crippen LogP contribution in [0.2, 0.25) is 0 Å². The highest BCUT2D eigenvalue weighted by atomic mass is 16.5. The molecular formula is C19H25N3O3. The van der Waals surface area contributed by atoms with Gasteiger partial charge in [0.15, 0.2) is 5.82 Å². The SMILES string of the molecule is Cc1nc(CCOC2CCCN(C(=O)c3ccc(C)c(C)c3)C2)no1. The van der Waals surface area contributed by atoms with E-state index in [-0.39, 0.29) is 12.0 Å². The second-order valence-corrected chi connectivity index (χ2v) is 6.66. The molecule has 1 unspecified atom stereocenters. The van der Waals surface area contributed by atoms with Gasteiger partial charge < -0.3 is 14.2 Å². The minimum absolute atomic E-state index is 0.0669. The number of hydrogen-bond acceptors (Lipinski definition) is 5. The van der Waals surface area contributed by atoms with Crippen molar-refractivity contribution in [2.24, 2.45) is 0 Å². The van der Waals surface area contributed by atoms with Crippen LogP contribution < -0.4 is 0 Å². The number of nitrogens with zero attached hydrogens (tertiary/aromatic N) is 3. The summed E-state index contributed by atoms with van der Waals surface area (Å²) in [5, 5.41) is 3.87. The summed E-state index contributed by atoms with van der Waals surface area (Å²) in [6.45, 7) is 7.82. The van der Waals surface area contributed by atoms with E-state index in [0.29, 0.717) is 31.3 Å². The van der Waals surface area contributed by atoms with Gasteiger partial charge in [0.05, 0.1) is 12.7 Å². The van der Waals surface area contributed by atoms with E-state index in [1.165, 1.54) is 5.56 Å². The lowest BCUT2D eigenvalue weighted by molar-refractivity contribution is 0.00251. The van der Waals surface area contributed by atoms with Crippen molar-refractivity contribution in [3.05, 3.63) is 46.6 Å². The zero-order valence-electron chi connectivity index (χ0n) is 15.1. The number of aromatic nitrogens is 2. The zero-order chi connectivity index (χ0) is 17.8. The summed E-state index contributed by atoms with van der Waals surface area (Å²) in [7, 11) is 0. The molecule has 1 aromatic carbocycles. The van der Waals surface area contributed by atoms with Crippen molar-refractivity contribution in [3.8, 4) is 0 Å². The van der Waals surface area contributed by atoms with Crippen LogP contribution in [0.4, 0.5) is 0 Å². The van der Waals surface area contributed by atoms with Crippen molar-refractivity contribution in [2.45, 2.75) is 46.1 Å². The van der Waals surface area contributed by atoms with E-state index in [2.05, 4.69) is 17.1 Å². The van der Waals surface area contributed by atoms with E-state index >= 15 is 0 Å². The highest BCUT2D eigenvalue weighted by Crippen LogP contribution is 2.18. The fourth-order valence-electron chi connectivity index (χ4n) is 3.08. The summed E-state index contributed by atoms with van der Waals surface area (Å²) in [4.78, 5) is 18.8. The van der Waals surface area contributed by atoms with Gasteiger partial charge in [-0.3, -0.25) is 4.79 Å². The Morgan fingerprint density at radius 2 is 2.16 bits per heavy atom. The predicted molar refractivity (Wildman–Crippen MR) is 93.5 cm³/mol. The molecule has 0 N–H and O–H groups in total. The largest absolute Gasteiger partial charge is 0.376 e. The first-order valence-corrected chi connectivity index (χ1v) is 8.80. The lowest BCUT2D eigenvalue weighted by Gasteiger charge is -2.32. The maximum atomic E-state index is 12.7. The first-order chi connectivity index (χ1) is 12.0. The normalized spacial score (nSPS) is 17.7. The standard InChI is InChI=1S/C19H25N3O3/c1-13-6-7-16(11-14(13)2)19(23)22-9-4-5-17(12-22)24-10-8-18-20-15(3)25-21-18/h6-7,11,17H,4-5,8-10,12H2,1-3H3. The van der Waals surface area contributed by atoms with E-state index < -0.39 is 0 Å². The van der Waals surface area contributed by atoms with E-state index in [4.69, 9.17) is 9.26 Å². The van der Waals surface area contributed by atoms with Crippen LogP contribution in [0.25, 0.3) is 0 Å². The summed E-state index contributed by atoms with van der Waals surface area (Å²) in [5.74, 6) is 1.32. The Bertz CT molecular complexity index is 741. The summed E-state index contributed by atoms with van der Waals surface area (Å²) >= 11 is 0. The summed E-state index contributed by atoms with van der Waals surface area (Å²) in [6.07, 6.45) is 2.63. The number of amides is 1. The van der Waals surface area contributed by atoms with Crippen molar-refractivity contribution < 1.29 is 14.1 Å². The van der Waals surface area contributed by atoms with Gasteiger partial charge in [-0.1, -0.05) is 11.2 Å². The number of ether oxygens (including phenoxy) is 1. The third-order valence-corrected chi connectivity index (χ3v) is 4.67. The quantitative estimate of drug-likeness (QED) is 0.835. The Hall–Kier alpha value is -2.21. The van der Waals surface area contributed by atoms with Gasteiger partial charge in [-0.15, -0.1) is 0 Å². The molecule has 0 spiro atoms. The Balaban J connectivity index is 1.53. The highest BCUT2D eigenvalue weighted by Gasteiger charge is 2.25. The van der Waals surface area contributed by atoms with Crippen LogP contribution in [-0.4, -0.2) is 46.7 Å². The Kier molecular flexibility index (Phi) is 5.48. The second kappa shape index (κ2) is 7.78.